The van der Waals surface area contributed by atoms with Crippen molar-refractivity contribution in [3.8, 4) is 67.0 Å². The van der Waals surface area contributed by atoms with E-state index in [1.54, 1.807) is 0 Å². The first-order chi connectivity index (χ1) is 24.3. The average Bonchev–Trinajstić information content (AvgIpc) is 3.31. The first kappa shape index (κ1) is 28.7. The molecule has 0 bridgehead atoms. The van der Waals surface area contributed by atoms with Gasteiger partial charge in [-0.05, 0) is 75.8 Å². The zero-order valence-electron chi connectivity index (χ0n) is 26.9. The van der Waals surface area contributed by atoms with E-state index in [4.69, 9.17) is 4.98 Å². The molecule has 0 saturated heterocycles. The molecule has 230 valence electrons. The quantitative estimate of drug-likeness (QED) is 0.189. The van der Waals surface area contributed by atoms with Crippen LogP contribution in [0, 0.1) is 0 Å². The molecule has 0 spiro atoms. The Morgan fingerprint density at radius 2 is 0.776 bits per heavy atom. The molecule has 0 unspecified atom stereocenters. The normalized spacial score (nSPS) is 11.6. The van der Waals surface area contributed by atoms with Crippen LogP contribution in [0.2, 0.25) is 0 Å². The van der Waals surface area contributed by atoms with E-state index in [1.165, 1.54) is 33.4 Å². The lowest BCUT2D eigenvalue weighted by molar-refractivity contribution is 1.29. The molecule has 49 heavy (non-hydrogen) atoms. The van der Waals surface area contributed by atoms with Gasteiger partial charge >= 0.3 is 0 Å². The van der Waals surface area contributed by atoms with Gasteiger partial charge in [0.2, 0.25) is 0 Å². The lowest BCUT2D eigenvalue weighted by atomic mass is 9.92. The van der Waals surface area contributed by atoms with Crippen LogP contribution in [0.15, 0.2) is 194 Å². The topological polar surface area (TPSA) is 16.1 Å². The highest BCUT2D eigenvalue weighted by atomic mass is 15.1. The summed E-state index contributed by atoms with van der Waals surface area (Å²) in [7, 11) is 0. The number of aromatic nitrogens is 1. The second-order valence-corrected chi connectivity index (χ2v) is 12.4. The fourth-order valence-electron chi connectivity index (χ4n) is 7.05. The second-order valence-electron chi connectivity index (χ2n) is 12.4. The first-order valence-electron chi connectivity index (χ1n) is 16.7. The highest BCUT2D eigenvalue weighted by Crippen LogP contribution is 2.51. The third-order valence-corrected chi connectivity index (χ3v) is 9.40. The predicted octanol–water partition coefficient (Wildman–Crippen LogP) is 12.9. The minimum absolute atomic E-state index is 0.957. The standard InChI is InChI=1S/C47H32N2/c1-4-15-33(16-5-1)36-21-14-22-39(29-36)49-46-26-13-12-25-42(46)40-23-10-11-24-41(40)43-30-37(27-28-47(43)49)38-31-44(34-17-6-2-7-18-34)48-45(32-38)35-19-8-3-9-20-35/h1-32H. The van der Waals surface area contributed by atoms with Crippen molar-refractivity contribution in [3.05, 3.63) is 194 Å². The van der Waals surface area contributed by atoms with Crippen LogP contribution in [0.3, 0.4) is 0 Å². The van der Waals surface area contributed by atoms with Crippen LogP contribution in [0.25, 0.3) is 67.0 Å². The van der Waals surface area contributed by atoms with Crippen LogP contribution in [0.4, 0.5) is 17.1 Å². The Hall–Kier alpha value is -6.51. The summed E-state index contributed by atoms with van der Waals surface area (Å²) < 4.78 is 0. The zero-order chi connectivity index (χ0) is 32.6. The van der Waals surface area contributed by atoms with Crippen molar-refractivity contribution in [2.24, 2.45) is 0 Å². The molecule has 0 radical (unpaired) electrons. The Kier molecular flexibility index (Phi) is 7.18. The van der Waals surface area contributed by atoms with Crippen molar-refractivity contribution in [3.63, 3.8) is 0 Å². The molecular formula is C47H32N2. The summed E-state index contributed by atoms with van der Waals surface area (Å²) in [6.45, 7) is 0. The maximum atomic E-state index is 5.14. The summed E-state index contributed by atoms with van der Waals surface area (Å²) >= 11 is 0. The summed E-state index contributed by atoms with van der Waals surface area (Å²) in [5.41, 5.74) is 17.1. The van der Waals surface area contributed by atoms with Gasteiger partial charge in [-0.2, -0.15) is 0 Å². The number of hydrogen-bond acceptors (Lipinski definition) is 2. The number of rotatable bonds is 5. The molecule has 2 heterocycles. The molecule has 2 heteroatoms. The van der Waals surface area contributed by atoms with E-state index in [-0.39, 0.29) is 0 Å². The minimum Gasteiger partial charge on any atom is -0.309 e. The molecule has 0 amide bonds. The van der Waals surface area contributed by atoms with Crippen LogP contribution in [0.1, 0.15) is 0 Å². The third-order valence-electron chi connectivity index (χ3n) is 9.40. The number of para-hydroxylation sites is 1. The second kappa shape index (κ2) is 12.3. The predicted molar refractivity (Wildman–Crippen MR) is 205 cm³/mol. The fourth-order valence-corrected chi connectivity index (χ4v) is 7.05. The van der Waals surface area contributed by atoms with Crippen LogP contribution in [0.5, 0.6) is 0 Å². The van der Waals surface area contributed by atoms with Crippen molar-refractivity contribution in [2.75, 3.05) is 4.90 Å². The fraction of sp³-hybridized carbons (Fsp3) is 0. The highest BCUT2D eigenvalue weighted by molar-refractivity contribution is 6.03. The molecule has 1 aliphatic heterocycles. The summed E-state index contributed by atoms with van der Waals surface area (Å²) in [6.07, 6.45) is 0. The number of fused-ring (bicyclic) bond motifs is 5. The van der Waals surface area contributed by atoms with Crippen LogP contribution in [-0.2, 0) is 0 Å². The Labute approximate surface area is 287 Å². The summed E-state index contributed by atoms with van der Waals surface area (Å²) in [4.78, 5) is 7.57. The Morgan fingerprint density at radius 3 is 1.43 bits per heavy atom. The molecule has 0 atom stereocenters. The summed E-state index contributed by atoms with van der Waals surface area (Å²) in [5, 5.41) is 0. The van der Waals surface area contributed by atoms with Gasteiger partial charge in [0.25, 0.3) is 0 Å². The van der Waals surface area contributed by atoms with Gasteiger partial charge in [0.1, 0.15) is 0 Å². The number of hydrogen-bond donors (Lipinski definition) is 0. The largest absolute Gasteiger partial charge is 0.309 e. The van der Waals surface area contributed by atoms with E-state index in [9.17, 15) is 0 Å². The Balaban J connectivity index is 1.27. The van der Waals surface area contributed by atoms with Crippen molar-refractivity contribution >= 4 is 17.1 Å². The molecule has 0 N–H and O–H groups in total. The summed E-state index contributed by atoms with van der Waals surface area (Å²) in [5.74, 6) is 0. The van der Waals surface area contributed by atoms with Crippen molar-refractivity contribution < 1.29 is 0 Å². The number of pyridine rings is 1. The van der Waals surface area contributed by atoms with Gasteiger partial charge in [0.15, 0.2) is 0 Å². The van der Waals surface area contributed by atoms with Crippen molar-refractivity contribution in [1.29, 1.82) is 0 Å². The smallest absolute Gasteiger partial charge is 0.0715 e. The van der Waals surface area contributed by atoms with Gasteiger partial charge < -0.3 is 4.90 Å². The van der Waals surface area contributed by atoms with E-state index in [2.05, 4.69) is 199 Å². The number of nitrogens with zero attached hydrogens (tertiary/aromatic N) is 2. The lowest BCUT2D eigenvalue weighted by Crippen LogP contribution is -2.11. The van der Waals surface area contributed by atoms with Gasteiger partial charge in [-0.3, -0.25) is 0 Å². The molecule has 9 rings (SSSR count). The SMILES string of the molecule is c1ccc(-c2cccc(N3c4ccccc4-c4ccccc4-c4cc(-c5cc(-c6ccccc6)nc(-c6ccccc6)c5)ccc43)c2)cc1. The van der Waals surface area contributed by atoms with E-state index >= 15 is 0 Å². The van der Waals surface area contributed by atoms with Crippen molar-refractivity contribution in [1.82, 2.24) is 4.98 Å². The van der Waals surface area contributed by atoms with E-state index in [0.717, 1.165) is 50.7 Å². The molecule has 2 nitrogen and oxygen atoms in total. The maximum absolute atomic E-state index is 5.14. The molecule has 1 aromatic heterocycles. The lowest BCUT2D eigenvalue weighted by Gasteiger charge is -2.28. The van der Waals surface area contributed by atoms with Crippen LogP contribution >= 0.6 is 0 Å². The molecule has 1 aliphatic rings. The van der Waals surface area contributed by atoms with Crippen LogP contribution < -0.4 is 4.90 Å². The van der Waals surface area contributed by atoms with Gasteiger partial charge in [-0.15, -0.1) is 0 Å². The first-order valence-corrected chi connectivity index (χ1v) is 16.7. The molecule has 7 aromatic carbocycles. The van der Waals surface area contributed by atoms with Crippen LogP contribution in [-0.4, -0.2) is 4.98 Å². The van der Waals surface area contributed by atoms with Gasteiger partial charge in [0, 0.05) is 27.9 Å². The van der Waals surface area contributed by atoms with Crippen molar-refractivity contribution in [2.45, 2.75) is 0 Å². The molecule has 0 aliphatic carbocycles. The third kappa shape index (κ3) is 5.30. The van der Waals surface area contributed by atoms with E-state index in [0.29, 0.717) is 0 Å². The monoisotopic (exact) mass is 624 g/mol. The molecular weight excluding hydrogens is 593 g/mol. The highest BCUT2D eigenvalue weighted by Gasteiger charge is 2.26. The maximum Gasteiger partial charge on any atom is 0.0715 e. The zero-order valence-corrected chi connectivity index (χ0v) is 26.9. The van der Waals surface area contributed by atoms with E-state index in [1.807, 2.05) is 0 Å². The minimum atomic E-state index is 0.957. The van der Waals surface area contributed by atoms with Gasteiger partial charge in [0.05, 0.1) is 22.8 Å². The summed E-state index contributed by atoms with van der Waals surface area (Å²) in [6, 6.07) is 69.4. The average molecular weight is 625 g/mol. The van der Waals surface area contributed by atoms with E-state index < -0.39 is 0 Å². The number of benzene rings is 7. The Bertz CT molecular complexity index is 2370. The van der Waals surface area contributed by atoms with Gasteiger partial charge in [-0.1, -0.05) is 152 Å². The molecule has 8 aromatic rings. The Morgan fingerprint density at radius 1 is 0.286 bits per heavy atom. The number of anilines is 3. The molecule has 0 saturated carbocycles. The molecule has 0 fully saturated rings. The van der Waals surface area contributed by atoms with Gasteiger partial charge in [-0.25, -0.2) is 4.98 Å².